The number of anilines is 2. The predicted octanol–water partition coefficient (Wildman–Crippen LogP) is 2.03. The normalized spacial score (nSPS) is 28.2. The molecule has 0 saturated carbocycles. The average Bonchev–Trinajstić information content (AvgIpc) is 3.10. The van der Waals surface area contributed by atoms with Crippen LogP contribution in [0.5, 0.6) is 0 Å². The number of piperidine rings is 1. The fourth-order valence-electron chi connectivity index (χ4n) is 3.43. The van der Waals surface area contributed by atoms with Gasteiger partial charge in [-0.25, -0.2) is 4.98 Å². The fourth-order valence-corrected chi connectivity index (χ4v) is 4.01. The molecule has 0 spiro atoms. The molecular formula is C15H19N5OS. The monoisotopic (exact) mass is 317 g/mol. The van der Waals surface area contributed by atoms with Crippen molar-refractivity contribution in [3.05, 3.63) is 29.9 Å². The van der Waals surface area contributed by atoms with E-state index in [4.69, 9.17) is 4.74 Å². The van der Waals surface area contributed by atoms with Crippen LogP contribution in [0.25, 0.3) is 0 Å². The molecule has 7 heteroatoms. The summed E-state index contributed by atoms with van der Waals surface area (Å²) in [6, 6.07) is 6.15. The number of aromatic nitrogens is 3. The fraction of sp³-hybridized carbons (Fsp3) is 0.533. The summed E-state index contributed by atoms with van der Waals surface area (Å²) < 4.78 is 6.08. The van der Waals surface area contributed by atoms with Crippen molar-refractivity contribution in [3.8, 4) is 0 Å². The van der Waals surface area contributed by atoms with E-state index in [0.29, 0.717) is 5.92 Å². The third-order valence-electron chi connectivity index (χ3n) is 4.38. The van der Waals surface area contributed by atoms with Crippen LogP contribution in [0.15, 0.2) is 29.9 Å². The quantitative estimate of drug-likeness (QED) is 0.934. The molecular weight excluding hydrogens is 298 g/mol. The molecule has 1 N–H and O–H groups in total. The summed E-state index contributed by atoms with van der Waals surface area (Å²) in [5.74, 6) is 1.44. The Morgan fingerprint density at radius 3 is 3.14 bits per heavy atom. The third-order valence-corrected chi connectivity index (χ3v) is 5.13. The van der Waals surface area contributed by atoms with Crippen molar-refractivity contribution < 1.29 is 4.74 Å². The van der Waals surface area contributed by atoms with Crippen LogP contribution in [0.1, 0.15) is 12.8 Å². The van der Waals surface area contributed by atoms with Gasteiger partial charge >= 0.3 is 0 Å². The Kier molecular flexibility index (Phi) is 3.90. The molecule has 2 saturated heterocycles. The summed E-state index contributed by atoms with van der Waals surface area (Å²) in [6.07, 6.45) is 4.41. The van der Waals surface area contributed by atoms with Crippen LogP contribution in [0.3, 0.4) is 0 Å². The second-order valence-corrected chi connectivity index (χ2v) is 6.64. The zero-order valence-electron chi connectivity index (χ0n) is 12.3. The number of pyridine rings is 1. The number of hydrogen-bond donors (Lipinski definition) is 1. The Balaban J connectivity index is 1.56. The lowest BCUT2D eigenvalue weighted by Crippen LogP contribution is -2.58. The van der Waals surface area contributed by atoms with Gasteiger partial charge in [-0.05, 0) is 25.0 Å². The van der Waals surface area contributed by atoms with Gasteiger partial charge in [0.05, 0.1) is 12.1 Å². The lowest BCUT2D eigenvalue weighted by molar-refractivity contribution is -0.0423. The second kappa shape index (κ2) is 6.18. The van der Waals surface area contributed by atoms with Gasteiger partial charge in [-0.2, -0.15) is 0 Å². The summed E-state index contributed by atoms with van der Waals surface area (Å²) in [7, 11) is 0. The summed E-state index contributed by atoms with van der Waals surface area (Å²) in [5.41, 5.74) is 1.79. The summed E-state index contributed by atoms with van der Waals surface area (Å²) in [4.78, 5) is 6.72. The zero-order valence-corrected chi connectivity index (χ0v) is 13.1. The maximum absolute atomic E-state index is 6.08. The first kappa shape index (κ1) is 13.9. The second-order valence-electron chi connectivity index (χ2n) is 5.83. The summed E-state index contributed by atoms with van der Waals surface area (Å²) >= 11 is 1.60. The van der Waals surface area contributed by atoms with Gasteiger partial charge < -0.3 is 15.0 Å². The Morgan fingerprint density at radius 1 is 1.32 bits per heavy atom. The molecule has 2 aromatic rings. The van der Waals surface area contributed by atoms with Crippen molar-refractivity contribution in [1.29, 1.82) is 0 Å². The number of ether oxygens (including phenoxy) is 1. The van der Waals surface area contributed by atoms with E-state index in [1.54, 1.807) is 16.8 Å². The molecule has 6 nitrogen and oxygen atoms in total. The highest BCUT2D eigenvalue weighted by atomic mass is 32.1. The molecule has 2 fully saturated rings. The maximum atomic E-state index is 6.08. The van der Waals surface area contributed by atoms with Crippen LogP contribution in [0.4, 0.5) is 10.9 Å². The van der Waals surface area contributed by atoms with Crippen LogP contribution in [0.2, 0.25) is 0 Å². The van der Waals surface area contributed by atoms with E-state index in [2.05, 4.69) is 25.4 Å². The molecule has 2 aromatic heterocycles. The molecule has 0 aliphatic carbocycles. The number of nitrogens with zero attached hydrogens (tertiary/aromatic N) is 4. The molecule has 4 rings (SSSR count). The van der Waals surface area contributed by atoms with Crippen LogP contribution in [-0.2, 0) is 4.74 Å². The molecule has 0 radical (unpaired) electrons. The first-order chi connectivity index (χ1) is 10.9. The largest absolute Gasteiger partial charge is 0.376 e. The molecule has 0 unspecified atom stereocenters. The third kappa shape index (κ3) is 2.78. The average molecular weight is 317 g/mol. The van der Waals surface area contributed by atoms with E-state index in [-0.39, 0.29) is 12.1 Å². The molecule has 2 aliphatic rings. The highest BCUT2D eigenvalue weighted by Crippen LogP contribution is 2.32. The molecule has 0 bridgehead atoms. The van der Waals surface area contributed by atoms with Gasteiger partial charge in [0.25, 0.3) is 0 Å². The van der Waals surface area contributed by atoms with E-state index in [9.17, 15) is 0 Å². The van der Waals surface area contributed by atoms with Gasteiger partial charge in [-0.15, -0.1) is 10.2 Å². The lowest BCUT2D eigenvalue weighted by Gasteiger charge is -2.45. The van der Waals surface area contributed by atoms with Crippen molar-refractivity contribution in [2.45, 2.75) is 25.0 Å². The van der Waals surface area contributed by atoms with E-state index < -0.39 is 0 Å². The standard InChI is InChI=1S/C15H19N5OS/c1-2-6-16-13(5-1)18-12-9-20(15-19-17-10-22-15)8-11-4-3-7-21-14(11)12/h1-2,5-6,10-12,14H,3-4,7-9H2,(H,16,18)/t11-,12+,14-/m0/s1. The van der Waals surface area contributed by atoms with Crippen LogP contribution in [-0.4, -0.2) is 47.0 Å². The van der Waals surface area contributed by atoms with E-state index in [1.165, 1.54) is 6.42 Å². The Hall–Kier alpha value is -1.73. The van der Waals surface area contributed by atoms with Gasteiger partial charge in [-0.1, -0.05) is 17.4 Å². The first-order valence-corrected chi connectivity index (χ1v) is 8.58. The molecule has 22 heavy (non-hydrogen) atoms. The number of rotatable bonds is 3. The number of fused-ring (bicyclic) bond motifs is 1. The zero-order chi connectivity index (χ0) is 14.8. The minimum absolute atomic E-state index is 0.220. The van der Waals surface area contributed by atoms with Crippen molar-refractivity contribution in [2.75, 3.05) is 29.9 Å². The van der Waals surface area contributed by atoms with E-state index >= 15 is 0 Å². The Bertz CT molecular complexity index is 593. The Morgan fingerprint density at radius 2 is 2.32 bits per heavy atom. The van der Waals surface area contributed by atoms with Crippen LogP contribution >= 0.6 is 11.3 Å². The number of nitrogens with one attached hydrogen (secondary N) is 1. The van der Waals surface area contributed by atoms with Gasteiger partial charge in [0.1, 0.15) is 11.3 Å². The smallest absolute Gasteiger partial charge is 0.208 e. The SMILES string of the molecule is c1ccc(N[C@@H]2CN(c3nncs3)C[C@@H]3CCCO[C@@H]32)nc1. The minimum atomic E-state index is 0.220. The van der Waals surface area contributed by atoms with Crippen LogP contribution in [0, 0.1) is 5.92 Å². The summed E-state index contributed by atoms with van der Waals surface area (Å²) in [5, 5.41) is 12.8. The minimum Gasteiger partial charge on any atom is -0.376 e. The van der Waals surface area contributed by atoms with Crippen molar-refractivity contribution in [3.63, 3.8) is 0 Å². The van der Waals surface area contributed by atoms with Gasteiger partial charge in [0, 0.05) is 31.8 Å². The lowest BCUT2D eigenvalue weighted by atomic mass is 9.85. The molecule has 0 amide bonds. The number of hydrogen-bond acceptors (Lipinski definition) is 7. The van der Waals surface area contributed by atoms with Crippen LogP contribution < -0.4 is 10.2 Å². The van der Waals surface area contributed by atoms with E-state index in [1.807, 2.05) is 24.4 Å². The van der Waals surface area contributed by atoms with Crippen molar-refractivity contribution in [1.82, 2.24) is 15.2 Å². The van der Waals surface area contributed by atoms with Gasteiger partial charge in [-0.3, -0.25) is 0 Å². The molecule has 116 valence electrons. The molecule has 4 heterocycles. The highest BCUT2D eigenvalue weighted by Gasteiger charge is 2.40. The van der Waals surface area contributed by atoms with Gasteiger partial charge in [0.2, 0.25) is 5.13 Å². The molecule has 2 aliphatic heterocycles. The van der Waals surface area contributed by atoms with E-state index in [0.717, 1.165) is 37.1 Å². The first-order valence-electron chi connectivity index (χ1n) is 7.70. The van der Waals surface area contributed by atoms with Crippen molar-refractivity contribution >= 4 is 22.3 Å². The van der Waals surface area contributed by atoms with Crippen molar-refractivity contribution in [2.24, 2.45) is 5.92 Å². The highest BCUT2D eigenvalue weighted by molar-refractivity contribution is 7.13. The van der Waals surface area contributed by atoms with Gasteiger partial charge in [0.15, 0.2) is 0 Å². The Labute approximate surface area is 133 Å². The topological polar surface area (TPSA) is 63.2 Å². The predicted molar refractivity (Wildman–Crippen MR) is 86.2 cm³/mol. The maximum Gasteiger partial charge on any atom is 0.208 e. The molecule has 3 atom stereocenters. The molecule has 0 aromatic carbocycles. The summed E-state index contributed by atoms with van der Waals surface area (Å²) in [6.45, 7) is 2.73.